The normalized spacial score (nSPS) is 12.4. The van der Waals surface area contributed by atoms with Crippen molar-refractivity contribution in [2.75, 3.05) is 5.43 Å². The lowest BCUT2D eigenvalue weighted by Crippen LogP contribution is -2.06. The molecule has 0 bridgehead atoms. The molecule has 0 aliphatic rings. The topological polar surface area (TPSA) is 24.4 Å². The van der Waals surface area contributed by atoms with Crippen molar-refractivity contribution in [1.29, 1.82) is 0 Å². The number of hydrogen-bond acceptors (Lipinski definition) is 2. The van der Waals surface area contributed by atoms with E-state index in [9.17, 15) is 13.2 Å². The Morgan fingerprint density at radius 3 is 2.21 bits per heavy atom. The number of hydrazone groups is 1. The van der Waals surface area contributed by atoms with Crippen LogP contribution in [0.15, 0.2) is 35.4 Å². The van der Waals surface area contributed by atoms with Crippen molar-refractivity contribution in [3.05, 3.63) is 61.5 Å². The number of nitrogens with one attached hydrogen (secondary N) is 1. The van der Waals surface area contributed by atoms with Crippen LogP contribution in [0.3, 0.4) is 0 Å². The van der Waals surface area contributed by atoms with Gasteiger partial charge in [0.25, 0.3) is 0 Å². The minimum Gasteiger partial charge on any atom is -0.277 e. The fourth-order valence-corrected chi connectivity index (χ4v) is 2.63. The van der Waals surface area contributed by atoms with Gasteiger partial charge in [0.2, 0.25) is 0 Å². The molecule has 2 aromatic carbocycles. The van der Waals surface area contributed by atoms with E-state index < -0.39 is 11.7 Å². The summed E-state index contributed by atoms with van der Waals surface area (Å²) in [5.74, 6) is 0. The molecule has 0 heterocycles. The summed E-state index contributed by atoms with van der Waals surface area (Å²) < 4.78 is 38.2. The molecule has 0 unspecified atom stereocenters. The Balaban J connectivity index is 2.32. The molecule has 0 fully saturated rings. The molecule has 24 heavy (non-hydrogen) atoms. The van der Waals surface area contributed by atoms with Crippen molar-refractivity contribution >= 4 is 57.8 Å². The third kappa shape index (κ3) is 4.28. The lowest BCUT2D eigenvalue weighted by molar-refractivity contribution is -0.137. The van der Waals surface area contributed by atoms with Crippen molar-refractivity contribution in [2.45, 2.75) is 13.1 Å². The molecule has 0 aromatic heterocycles. The first-order valence-electron chi connectivity index (χ1n) is 6.42. The Morgan fingerprint density at radius 1 is 0.958 bits per heavy atom. The standard InChI is InChI=1S/C15H9Cl4F3N2/c1-7(9-3-5-11(17)14(19)13(9)18)23-24-12-6-8(15(20,21)22)2-4-10(12)16/h2-6,24H,1H3. The fraction of sp³-hybridized carbons (Fsp3) is 0.133. The minimum atomic E-state index is -4.48. The van der Waals surface area contributed by atoms with E-state index in [1.165, 1.54) is 0 Å². The summed E-state index contributed by atoms with van der Waals surface area (Å²) in [7, 11) is 0. The maximum Gasteiger partial charge on any atom is 0.416 e. The van der Waals surface area contributed by atoms with Gasteiger partial charge in [-0.15, -0.1) is 0 Å². The molecule has 128 valence electrons. The van der Waals surface area contributed by atoms with Crippen LogP contribution in [-0.2, 0) is 6.18 Å². The number of alkyl halides is 3. The Kier molecular flexibility index (Phi) is 5.91. The third-order valence-electron chi connectivity index (χ3n) is 3.06. The van der Waals surface area contributed by atoms with E-state index in [4.69, 9.17) is 46.4 Å². The van der Waals surface area contributed by atoms with Gasteiger partial charge in [-0.05, 0) is 31.2 Å². The van der Waals surface area contributed by atoms with Crippen molar-refractivity contribution in [3.8, 4) is 0 Å². The Hall–Kier alpha value is -1.14. The zero-order valence-corrected chi connectivity index (χ0v) is 15.0. The number of halogens is 7. The summed E-state index contributed by atoms with van der Waals surface area (Å²) in [6, 6.07) is 6.05. The van der Waals surface area contributed by atoms with Gasteiger partial charge in [-0.3, -0.25) is 5.43 Å². The first kappa shape index (κ1) is 19.2. The number of nitrogens with zero attached hydrogens (tertiary/aromatic N) is 1. The van der Waals surface area contributed by atoms with Crippen LogP contribution in [0.5, 0.6) is 0 Å². The van der Waals surface area contributed by atoms with Gasteiger partial charge in [0, 0.05) is 5.56 Å². The molecule has 0 amide bonds. The monoisotopic (exact) mass is 414 g/mol. The van der Waals surface area contributed by atoms with Crippen LogP contribution in [0.1, 0.15) is 18.1 Å². The predicted molar refractivity (Wildman–Crippen MR) is 93.8 cm³/mol. The van der Waals surface area contributed by atoms with E-state index in [1.54, 1.807) is 19.1 Å². The molecule has 0 radical (unpaired) electrons. The van der Waals surface area contributed by atoms with Gasteiger partial charge in [-0.1, -0.05) is 52.5 Å². The fourth-order valence-electron chi connectivity index (χ4n) is 1.80. The summed E-state index contributed by atoms with van der Waals surface area (Å²) in [5.41, 5.74) is 2.57. The average Bonchev–Trinajstić information content (AvgIpc) is 2.50. The smallest absolute Gasteiger partial charge is 0.277 e. The zero-order valence-electron chi connectivity index (χ0n) is 12.0. The molecule has 0 aliphatic carbocycles. The van der Waals surface area contributed by atoms with Gasteiger partial charge in [0.05, 0.1) is 37.1 Å². The van der Waals surface area contributed by atoms with Gasteiger partial charge in [0.15, 0.2) is 0 Å². The van der Waals surface area contributed by atoms with Crippen LogP contribution in [0.25, 0.3) is 0 Å². The van der Waals surface area contributed by atoms with Crippen LogP contribution in [0.4, 0.5) is 18.9 Å². The number of benzene rings is 2. The van der Waals surface area contributed by atoms with Crippen LogP contribution in [0.2, 0.25) is 20.1 Å². The van der Waals surface area contributed by atoms with E-state index in [2.05, 4.69) is 10.5 Å². The van der Waals surface area contributed by atoms with E-state index in [1.807, 2.05) is 0 Å². The first-order chi connectivity index (χ1) is 11.1. The average molecular weight is 416 g/mol. The quantitative estimate of drug-likeness (QED) is 0.321. The van der Waals surface area contributed by atoms with Crippen molar-refractivity contribution in [3.63, 3.8) is 0 Å². The lowest BCUT2D eigenvalue weighted by atomic mass is 10.1. The molecule has 1 N–H and O–H groups in total. The van der Waals surface area contributed by atoms with Gasteiger partial charge >= 0.3 is 6.18 Å². The van der Waals surface area contributed by atoms with E-state index in [-0.39, 0.29) is 25.8 Å². The van der Waals surface area contributed by atoms with Crippen LogP contribution in [-0.4, -0.2) is 5.71 Å². The highest BCUT2D eigenvalue weighted by molar-refractivity contribution is 6.49. The molecule has 0 aliphatic heterocycles. The number of rotatable bonds is 3. The zero-order chi connectivity index (χ0) is 18.1. The van der Waals surface area contributed by atoms with Gasteiger partial charge in [-0.2, -0.15) is 18.3 Å². The molecule has 0 saturated carbocycles. The molecule has 0 saturated heterocycles. The molecular weight excluding hydrogens is 407 g/mol. The highest BCUT2D eigenvalue weighted by Crippen LogP contribution is 2.35. The summed E-state index contributed by atoms with van der Waals surface area (Å²) in [6.07, 6.45) is -4.48. The third-order valence-corrected chi connectivity index (χ3v) is 4.69. The molecule has 9 heteroatoms. The Bertz CT molecular complexity index is 804. The van der Waals surface area contributed by atoms with Gasteiger partial charge < -0.3 is 0 Å². The van der Waals surface area contributed by atoms with Gasteiger partial charge in [-0.25, -0.2) is 0 Å². The Morgan fingerprint density at radius 2 is 1.58 bits per heavy atom. The van der Waals surface area contributed by atoms with Crippen LogP contribution < -0.4 is 5.43 Å². The van der Waals surface area contributed by atoms with E-state index in [0.29, 0.717) is 11.3 Å². The summed E-state index contributed by atoms with van der Waals surface area (Å²) in [6.45, 7) is 1.61. The first-order valence-corrected chi connectivity index (χ1v) is 7.93. The van der Waals surface area contributed by atoms with Crippen LogP contribution >= 0.6 is 46.4 Å². The predicted octanol–water partition coefficient (Wildman–Crippen LogP) is 7.16. The van der Waals surface area contributed by atoms with Crippen molar-refractivity contribution < 1.29 is 13.2 Å². The highest BCUT2D eigenvalue weighted by atomic mass is 35.5. The second kappa shape index (κ2) is 7.40. The van der Waals surface area contributed by atoms with E-state index >= 15 is 0 Å². The second-order valence-electron chi connectivity index (χ2n) is 4.72. The van der Waals surface area contributed by atoms with Gasteiger partial charge in [0.1, 0.15) is 0 Å². The molecule has 0 spiro atoms. The Labute approximate surface area is 156 Å². The maximum atomic E-state index is 12.7. The molecule has 2 nitrogen and oxygen atoms in total. The summed E-state index contributed by atoms with van der Waals surface area (Å²) in [5, 5.41) is 4.76. The maximum absolute atomic E-state index is 12.7. The van der Waals surface area contributed by atoms with Crippen LogP contribution in [0, 0.1) is 0 Å². The van der Waals surface area contributed by atoms with Crippen molar-refractivity contribution in [2.24, 2.45) is 5.10 Å². The summed E-state index contributed by atoms with van der Waals surface area (Å²) in [4.78, 5) is 0. The molecule has 0 atom stereocenters. The number of hydrogen-bond donors (Lipinski definition) is 1. The minimum absolute atomic E-state index is 0.0158. The molecule has 2 rings (SSSR count). The molecule has 2 aromatic rings. The number of anilines is 1. The second-order valence-corrected chi connectivity index (χ2v) is 6.29. The van der Waals surface area contributed by atoms with Crippen molar-refractivity contribution in [1.82, 2.24) is 0 Å². The molecular formula is C15H9Cl4F3N2. The summed E-state index contributed by atoms with van der Waals surface area (Å²) >= 11 is 23.8. The lowest BCUT2D eigenvalue weighted by Gasteiger charge is -2.11. The highest BCUT2D eigenvalue weighted by Gasteiger charge is 2.30. The van der Waals surface area contributed by atoms with E-state index in [0.717, 1.165) is 18.2 Å². The SMILES string of the molecule is CC(=NNc1cc(C(F)(F)F)ccc1Cl)c1ccc(Cl)c(Cl)c1Cl. The largest absolute Gasteiger partial charge is 0.416 e.